The summed E-state index contributed by atoms with van der Waals surface area (Å²) in [4.78, 5) is 12.1. The monoisotopic (exact) mass is 374 g/mol. The van der Waals surface area contributed by atoms with Gasteiger partial charge in [0.1, 0.15) is 0 Å². The SMILES string of the molecule is CC(C)(C)C(CCN)CCC(=O)Nc1ccc(Br)cc1Cl. The van der Waals surface area contributed by atoms with Crippen LogP contribution in [0, 0.1) is 11.3 Å². The van der Waals surface area contributed by atoms with E-state index in [-0.39, 0.29) is 11.3 Å². The molecule has 3 nitrogen and oxygen atoms in total. The Balaban J connectivity index is 2.57. The third kappa shape index (κ3) is 6.37. The first-order valence-electron chi connectivity index (χ1n) is 7.19. The van der Waals surface area contributed by atoms with Gasteiger partial charge in [0.25, 0.3) is 0 Å². The lowest BCUT2D eigenvalue weighted by molar-refractivity contribution is -0.116. The van der Waals surface area contributed by atoms with E-state index >= 15 is 0 Å². The second kappa shape index (κ2) is 8.16. The minimum absolute atomic E-state index is 0.00880. The Hall–Kier alpha value is -0.580. The Morgan fingerprint density at radius 1 is 1.38 bits per heavy atom. The minimum atomic E-state index is -0.00880. The summed E-state index contributed by atoms with van der Waals surface area (Å²) < 4.78 is 0.890. The summed E-state index contributed by atoms with van der Waals surface area (Å²) in [5.74, 6) is 0.430. The molecule has 1 rings (SSSR count). The first kappa shape index (κ1) is 18.5. The number of nitrogens with two attached hydrogens (primary N) is 1. The van der Waals surface area contributed by atoms with E-state index in [0.717, 1.165) is 17.3 Å². The van der Waals surface area contributed by atoms with Gasteiger partial charge in [-0.1, -0.05) is 48.3 Å². The van der Waals surface area contributed by atoms with E-state index in [1.165, 1.54) is 0 Å². The summed E-state index contributed by atoms with van der Waals surface area (Å²) in [5, 5.41) is 3.40. The number of carbonyl (C=O) groups is 1. The van der Waals surface area contributed by atoms with Crippen LogP contribution >= 0.6 is 27.5 Å². The summed E-state index contributed by atoms with van der Waals surface area (Å²) in [5.41, 5.74) is 6.48. The number of carbonyl (C=O) groups excluding carboxylic acids is 1. The van der Waals surface area contributed by atoms with Crippen molar-refractivity contribution in [1.82, 2.24) is 0 Å². The molecular formula is C16H24BrClN2O. The zero-order valence-electron chi connectivity index (χ0n) is 12.9. The molecule has 0 aromatic heterocycles. The number of rotatable bonds is 6. The van der Waals surface area contributed by atoms with Crippen LogP contribution in [0.1, 0.15) is 40.0 Å². The van der Waals surface area contributed by atoms with Crippen LogP contribution in [0.5, 0.6) is 0 Å². The van der Waals surface area contributed by atoms with E-state index in [4.69, 9.17) is 17.3 Å². The van der Waals surface area contributed by atoms with Crippen molar-refractivity contribution in [2.45, 2.75) is 40.0 Å². The van der Waals surface area contributed by atoms with Gasteiger partial charge < -0.3 is 11.1 Å². The maximum Gasteiger partial charge on any atom is 0.224 e. The second-order valence-electron chi connectivity index (χ2n) is 6.35. The lowest BCUT2D eigenvalue weighted by Gasteiger charge is -2.30. The molecule has 0 saturated carbocycles. The number of benzene rings is 1. The van der Waals surface area contributed by atoms with Crippen LogP contribution in [0.15, 0.2) is 22.7 Å². The molecule has 0 saturated heterocycles. The Kier molecular flexibility index (Phi) is 7.17. The van der Waals surface area contributed by atoms with E-state index in [1.54, 1.807) is 12.1 Å². The molecule has 118 valence electrons. The lowest BCUT2D eigenvalue weighted by atomic mass is 9.76. The number of anilines is 1. The van der Waals surface area contributed by atoms with Crippen molar-refractivity contribution in [2.75, 3.05) is 11.9 Å². The van der Waals surface area contributed by atoms with Crippen LogP contribution in [0.25, 0.3) is 0 Å². The lowest BCUT2D eigenvalue weighted by Crippen LogP contribution is -2.25. The molecule has 1 aromatic rings. The summed E-state index contributed by atoms with van der Waals surface area (Å²) in [7, 11) is 0. The highest BCUT2D eigenvalue weighted by Crippen LogP contribution is 2.32. The zero-order chi connectivity index (χ0) is 16.0. The molecule has 0 bridgehead atoms. The van der Waals surface area contributed by atoms with Crippen LogP contribution in [0.4, 0.5) is 5.69 Å². The standard InChI is InChI=1S/C16H24BrClN2O/c1-16(2,3)11(8-9-19)4-7-15(21)20-14-6-5-12(17)10-13(14)18/h5-6,10-11H,4,7-9,19H2,1-3H3,(H,20,21). The third-order valence-electron chi connectivity index (χ3n) is 3.66. The highest BCUT2D eigenvalue weighted by atomic mass is 79.9. The fourth-order valence-electron chi connectivity index (χ4n) is 2.32. The molecule has 0 aliphatic carbocycles. The number of hydrogen-bond acceptors (Lipinski definition) is 2. The van der Waals surface area contributed by atoms with Crippen LogP contribution < -0.4 is 11.1 Å². The summed E-state index contributed by atoms with van der Waals surface area (Å²) >= 11 is 9.44. The van der Waals surface area contributed by atoms with Crippen LogP contribution in [0.3, 0.4) is 0 Å². The number of amides is 1. The van der Waals surface area contributed by atoms with Gasteiger partial charge in [-0.25, -0.2) is 0 Å². The number of halogens is 2. The van der Waals surface area contributed by atoms with Crippen molar-refractivity contribution in [2.24, 2.45) is 17.1 Å². The van der Waals surface area contributed by atoms with Gasteiger partial charge in [0, 0.05) is 10.9 Å². The normalized spacial score (nSPS) is 13.0. The van der Waals surface area contributed by atoms with Gasteiger partial charge in [-0.2, -0.15) is 0 Å². The van der Waals surface area contributed by atoms with Gasteiger partial charge in [-0.05, 0) is 48.9 Å². The molecule has 5 heteroatoms. The first-order valence-corrected chi connectivity index (χ1v) is 8.36. The highest BCUT2D eigenvalue weighted by Gasteiger charge is 2.24. The number of nitrogens with one attached hydrogen (secondary N) is 1. The van der Waals surface area contributed by atoms with E-state index in [9.17, 15) is 4.79 Å². The average Bonchev–Trinajstić information content (AvgIpc) is 2.36. The minimum Gasteiger partial charge on any atom is -0.330 e. The van der Waals surface area contributed by atoms with Gasteiger partial charge in [-0.15, -0.1) is 0 Å². The molecule has 0 heterocycles. The molecule has 0 aliphatic rings. The van der Waals surface area contributed by atoms with Crippen molar-refractivity contribution in [3.05, 3.63) is 27.7 Å². The fourth-order valence-corrected chi connectivity index (χ4v) is 3.04. The molecule has 1 amide bonds. The van der Waals surface area contributed by atoms with Crippen molar-refractivity contribution >= 4 is 39.1 Å². The maximum absolute atomic E-state index is 12.1. The predicted molar refractivity (Wildman–Crippen MR) is 93.6 cm³/mol. The Bertz CT molecular complexity index is 486. The van der Waals surface area contributed by atoms with E-state index < -0.39 is 0 Å². The Morgan fingerprint density at radius 3 is 2.57 bits per heavy atom. The number of hydrogen-bond donors (Lipinski definition) is 2. The van der Waals surface area contributed by atoms with Gasteiger partial charge in [-0.3, -0.25) is 4.79 Å². The van der Waals surface area contributed by atoms with Crippen molar-refractivity contribution in [3.63, 3.8) is 0 Å². The maximum atomic E-state index is 12.1. The molecule has 1 aromatic carbocycles. The van der Waals surface area contributed by atoms with Gasteiger partial charge in [0.05, 0.1) is 10.7 Å². The quantitative estimate of drug-likeness (QED) is 0.748. The van der Waals surface area contributed by atoms with Gasteiger partial charge in [0.2, 0.25) is 5.91 Å². The topological polar surface area (TPSA) is 55.1 Å². The van der Waals surface area contributed by atoms with Crippen molar-refractivity contribution < 1.29 is 4.79 Å². The molecule has 21 heavy (non-hydrogen) atoms. The Morgan fingerprint density at radius 2 is 2.05 bits per heavy atom. The molecule has 1 unspecified atom stereocenters. The fraction of sp³-hybridized carbons (Fsp3) is 0.562. The largest absolute Gasteiger partial charge is 0.330 e. The third-order valence-corrected chi connectivity index (χ3v) is 4.47. The molecule has 0 aliphatic heterocycles. The smallest absolute Gasteiger partial charge is 0.224 e. The summed E-state index contributed by atoms with van der Waals surface area (Å²) in [6, 6.07) is 5.42. The molecule has 0 fully saturated rings. The molecule has 0 radical (unpaired) electrons. The first-order chi connectivity index (χ1) is 9.74. The predicted octanol–water partition coefficient (Wildman–Crippen LogP) is 4.83. The van der Waals surface area contributed by atoms with E-state index in [1.807, 2.05) is 6.07 Å². The highest BCUT2D eigenvalue weighted by molar-refractivity contribution is 9.10. The van der Waals surface area contributed by atoms with Crippen LogP contribution in [0.2, 0.25) is 5.02 Å². The van der Waals surface area contributed by atoms with E-state index in [2.05, 4.69) is 42.0 Å². The summed E-state index contributed by atoms with van der Waals surface area (Å²) in [6.45, 7) is 7.23. The molecule has 3 N–H and O–H groups in total. The van der Waals surface area contributed by atoms with Crippen LogP contribution in [-0.2, 0) is 4.79 Å². The second-order valence-corrected chi connectivity index (χ2v) is 7.67. The van der Waals surface area contributed by atoms with Gasteiger partial charge in [0.15, 0.2) is 0 Å². The molecule has 1 atom stereocenters. The Labute approximate surface area is 140 Å². The molecular weight excluding hydrogens is 352 g/mol. The van der Waals surface area contributed by atoms with Crippen molar-refractivity contribution in [1.29, 1.82) is 0 Å². The zero-order valence-corrected chi connectivity index (χ0v) is 15.2. The average molecular weight is 376 g/mol. The summed E-state index contributed by atoms with van der Waals surface area (Å²) in [6.07, 6.45) is 2.25. The van der Waals surface area contributed by atoms with Gasteiger partial charge >= 0.3 is 0 Å². The van der Waals surface area contributed by atoms with Crippen molar-refractivity contribution in [3.8, 4) is 0 Å². The molecule has 0 spiro atoms. The van der Waals surface area contributed by atoms with E-state index in [0.29, 0.717) is 29.6 Å². The van der Waals surface area contributed by atoms with Crippen LogP contribution in [-0.4, -0.2) is 12.5 Å².